The summed E-state index contributed by atoms with van der Waals surface area (Å²) >= 11 is 6.68. The molecule has 2 aromatic carbocycles. The quantitative estimate of drug-likeness (QED) is 0.436. The number of fused-ring (bicyclic) bond motifs is 2. The van der Waals surface area contributed by atoms with Crippen LogP contribution in [0.4, 0.5) is 8.78 Å². The molecule has 1 spiro atoms. The van der Waals surface area contributed by atoms with E-state index in [0.717, 1.165) is 48.8 Å². The Morgan fingerprint density at radius 1 is 1.05 bits per heavy atom. The molecule has 3 heterocycles. The van der Waals surface area contributed by atoms with Gasteiger partial charge in [-0.15, -0.1) is 0 Å². The van der Waals surface area contributed by atoms with Crippen LogP contribution < -0.4 is 5.32 Å². The molecule has 3 aliphatic heterocycles. The van der Waals surface area contributed by atoms with Gasteiger partial charge in [0, 0.05) is 80.8 Å². The number of piperidine rings is 1. The van der Waals surface area contributed by atoms with Crippen molar-refractivity contribution in [2.75, 3.05) is 39.4 Å². The zero-order valence-corrected chi connectivity index (χ0v) is 27.0. The van der Waals surface area contributed by atoms with Crippen LogP contribution in [0.5, 0.6) is 0 Å². The number of hydrogen-bond donors (Lipinski definition) is 1. The number of aryl methyl sites for hydroxylation is 1. The Morgan fingerprint density at radius 2 is 1.75 bits per heavy atom. The van der Waals surface area contributed by atoms with Gasteiger partial charge < -0.3 is 15.0 Å². The first kappa shape index (κ1) is 31.4. The van der Waals surface area contributed by atoms with Crippen molar-refractivity contribution in [3.05, 3.63) is 69.2 Å². The molecule has 1 aliphatic carbocycles. The number of nitrogens with one attached hydrogen (secondary N) is 1. The van der Waals surface area contributed by atoms with E-state index in [9.17, 15) is 14.0 Å². The number of nitrogens with zero attached hydrogens (tertiary/aromatic N) is 2. The van der Waals surface area contributed by atoms with Gasteiger partial charge in [0.05, 0.1) is 5.92 Å². The van der Waals surface area contributed by atoms with Crippen molar-refractivity contribution >= 4 is 23.4 Å². The molecule has 0 unspecified atom stereocenters. The summed E-state index contributed by atoms with van der Waals surface area (Å²) in [5.74, 6) is -1.80. The van der Waals surface area contributed by atoms with Gasteiger partial charge in [-0.25, -0.2) is 8.78 Å². The first-order chi connectivity index (χ1) is 20.9. The molecule has 44 heavy (non-hydrogen) atoms. The zero-order chi connectivity index (χ0) is 31.4. The minimum atomic E-state index is -0.609. The second kappa shape index (κ2) is 12.0. The van der Waals surface area contributed by atoms with E-state index in [-0.39, 0.29) is 29.1 Å². The Hall–Kier alpha value is -2.55. The van der Waals surface area contributed by atoms with Gasteiger partial charge in [-0.2, -0.15) is 0 Å². The standard InChI is InChI=1S/C35H44ClF2N3O3/c1-21-15-26-29(17-31(21)36)35(18-30(26)34(3,4)39-22(2)42)9-11-40(12-10-35)33(43)28-20-41(24-7-13-44-14-8-24)19-27(28)25-6-5-23(37)16-32(25)38/h5-6,15-17,24,27-28,30H,7-14,18-20H2,1-4H3,(H,39,42)/t27-,28+,30-/m0/s1. The number of hydrogen-bond acceptors (Lipinski definition) is 4. The molecule has 0 radical (unpaired) electrons. The summed E-state index contributed by atoms with van der Waals surface area (Å²) in [4.78, 5) is 30.7. The second-order valence-electron chi connectivity index (χ2n) is 14.1. The highest BCUT2D eigenvalue weighted by molar-refractivity contribution is 6.31. The lowest BCUT2D eigenvalue weighted by Gasteiger charge is -2.42. The second-order valence-corrected chi connectivity index (χ2v) is 14.5. The number of carbonyl (C=O) groups excluding carboxylic acids is 2. The minimum Gasteiger partial charge on any atom is -0.381 e. The lowest BCUT2D eigenvalue weighted by Crippen LogP contribution is -2.49. The highest BCUT2D eigenvalue weighted by Gasteiger charge is 2.52. The van der Waals surface area contributed by atoms with Crippen LogP contribution in [0.1, 0.15) is 87.0 Å². The molecule has 0 saturated carbocycles. The van der Waals surface area contributed by atoms with Crippen LogP contribution in [0.3, 0.4) is 0 Å². The van der Waals surface area contributed by atoms with Crippen LogP contribution in [0.25, 0.3) is 0 Å². The van der Waals surface area contributed by atoms with Crippen LogP contribution in [-0.4, -0.2) is 72.6 Å². The Bertz CT molecular complexity index is 1430. The summed E-state index contributed by atoms with van der Waals surface area (Å²) in [6.07, 6.45) is 4.25. The smallest absolute Gasteiger partial charge is 0.227 e. The number of ether oxygens (including phenoxy) is 1. The van der Waals surface area contributed by atoms with E-state index in [1.54, 1.807) is 6.92 Å². The Balaban J connectivity index is 1.24. The summed E-state index contributed by atoms with van der Waals surface area (Å²) in [6.45, 7) is 11.5. The van der Waals surface area contributed by atoms with Gasteiger partial charge in [0.15, 0.2) is 0 Å². The van der Waals surface area contributed by atoms with Crippen molar-refractivity contribution in [3.63, 3.8) is 0 Å². The van der Waals surface area contributed by atoms with Gasteiger partial charge in [-0.1, -0.05) is 23.7 Å². The van der Waals surface area contributed by atoms with Gasteiger partial charge in [-0.05, 0) is 92.7 Å². The lowest BCUT2D eigenvalue weighted by atomic mass is 9.71. The van der Waals surface area contributed by atoms with Crippen LogP contribution >= 0.6 is 11.6 Å². The SMILES string of the molecule is CC(=O)NC(C)(C)[C@H]1CC2(CCN(C(=O)[C@@H]3CN(C4CCOCC4)C[C@H]3c3ccc(F)cc3F)CC2)c2cc(Cl)c(C)cc21. The highest BCUT2D eigenvalue weighted by atomic mass is 35.5. The van der Waals surface area contributed by atoms with Crippen molar-refractivity contribution in [1.29, 1.82) is 0 Å². The van der Waals surface area contributed by atoms with Crippen molar-refractivity contribution < 1.29 is 23.1 Å². The van der Waals surface area contributed by atoms with E-state index in [1.165, 1.54) is 23.3 Å². The molecule has 2 amide bonds. The number of benzene rings is 2. The maximum atomic E-state index is 15.1. The predicted octanol–water partition coefficient (Wildman–Crippen LogP) is 6.08. The van der Waals surface area contributed by atoms with Crippen LogP contribution in [-0.2, 0) is 19.7 Å². The first-order valence-electron chi connectivity index (χ1n) is 16.0. The summed E-state index contributed by atoms with van der Waals surface area (Å²) < 4.78 is 34.5. The van der Waals surface area contributed by atoms with Gasteiger partial charge in [-0.3, -0.25) is 14.5 Å². The molecule has 2 aromatic rings. The molecule has 238 valence electrons. The summed E-state index contributed by atoms with van der Waals surface area (Å²) in [6, 6.07) is 8.34. The van der Waals surface area contributed by atoms with E-state index in [2.05, 4.69) is 36.2 Å². The third-order valence-corrected chi connectivity index (χ3v) is 11.4. The number of amides is 2. The predicted molar refractivity (Wildman–Crippen MR) is 167 cm³/mol. The van der Waals surface area contributed by atoms with Gasteiger partial charge in [0.1, 0.15) is 11.6 Å². The molecule has 0 bridgehead atoms. The van der Waals surface area contributed by atoms with Crippen LogP contribution in [0.2, 0.25) is 5.02 Å². The highest BCUT2D eigenvalue weighted by Crippen LogP contribution is 2.56. The largest absolute Gasteiger partial charge is 0.381 e. The molecule has 1 N–H and O–H groups in total. The van der Waals surface area contributed by atoms with E-state index in [4.69, 9.17) is 16.3 Å². The maximum absolute atomic E-state index is 15.1. The van der Waals surface area contributed by atoms with E-state index < -0.39 is 23.1 Å². The number of likely N-dealkylation sites (tertiary alicyclic amines) is 2. The fraction of sp³-hybridized carbons (Fsp3) is 0.600. The summed E-state index contributed by atoms with van der Waals surface area (Å²) in [5.41, 5.74) is 3.33. The molecule has 3 saturated heterocycles. The third-order valence-electron chi connectivity index (χ3n) is 11.0. The number of carbonyl (C=O) groups is 2. The summed E-state index contributed by atoms with van der Waals surface area (Å²) in [7, 11) is 0. The average molecular weight is 628 g/mol. The maximum Gasteiger partial charge on any atom is 0.227 e. The van der Waals surface area contributed by atoms with Gasteiger partial charge in [0.2, 0.25) is 11.8 Å². The van der Waals surface area contributed by atoms with Crippen LogP contribution in [0, 0.1) is 24.5 Å². The molecular formula is C35H44ClF2N3O3. The normalized spacial score (nSPS) is 25.8. The molecule has 6 nitrogen and oxygen atoms in total. The van der Waals surface area contributed by atoms with Crippen LogP contribution in [0.15, 0.2) is 30.3 Å². The summed E-state index contributed by atoms with van der Waals surface area (Å²) in [5, 5.41) is 3.92. The zero-order valence-electron chi connectivity index (χ0n) is 26.2. The molecule has 4 aliphatic rings. The van der Waals surface area contributed by atoms with Crippen molar-refractivity contribution in [1.82, 2.24) is 15.1 Å². The molecule has 9 heteroatoms. The molecule has 3 fully saturated rings. The average Bonchev–Trinajstić information content (AvgIpc) is 3.54. The minimum absolute atomic E-state index is 0.0536. The van der Waals surface area contributed by atoms with E-state index in [1.807, 2.05) is 11.8 Å². The van der Waals surface area contributed by atoms with E-state index >= 15 is 4.39 Å². The number of rotatable bonds is 5. The fourth-order valence-corrected chi connectivity index (χ4v) is 8.82. The van der Waals surface area contributed by atoms with Gasteiger partial charge in [0.25, 0.3) is 0 Å². The lowest BCUT2D eigenvalue weighted by molar-refractivity contribution is -0.137. The van der Waals surface area contributed by atoms with Crippen molar-refractivity contribution in [3.8, 4) is 0 Å². The Labute approximate surface area is 264 Å². The van der Waals surface area contributed by atoms with Crippen molar-refractivity contribution in [2.24, 2.45) is 5.92 Å². The number of halogens is 3. The van der Waals surface area contributed by atoms with Gasteiger partial charge >= 0.3 is 0 Å². The third kappa shape index (κ3) is 5.78. The molecule has 3 atom stereocenters. The topological polar surface area (TPSA) is 61.9 Å². The van der Waals surface area contributed by atoms with E-state index in [0.29, 0.717) is 51.0 Å². The molecule has 6 rings (SSSR count). The first-order valence-corrected chi connectivity index (χ1v) is 16.4. The van der Waals surface area contributed by atoms with Crippen molar-refractivity contribution in [2.45, 2.75) is 88.6 Å². The molecule has 0 aromatic heterocycles. The molecular weight excluding hydrogens is 584 g/mol. The Kier molecular flexibility index (Phi) is 8.57. The Morgan fingerprint density at radius 3 is 2.41 bits per heavy atom. The fourth-order valence-electron chi connectivity index (χ4n) is 8.66. The monoisotopic (exact) mass is 627 g/mol.